The van der Waals surface area contributed by atoms with Crippen molar-refractivity contribution < 1.29 is 0 Å². The molecule has 21 heavy (non-hydrogen) atoms. The minimum Gasteiger partial charge on any atom is -0.367 e. The third-order valence-corrected chi connectivity index (χ3v) is 3.69. The highest BCUT2D eigenvalue weighted by Gasteiger charge is 2.07. The fourth-order valence-electron chi connectivity index (χ4n) is 2.72. The summed E-state index contributed by atoms with van der Waals surface area (Å²) >= 11 is 0. The SMILES string of the molecule is Cc1ccc(N(CCCN)Cc2cc(C)cc(C)c2)cc1. The summed E-state index contributed by atoms with van der Waals surface area (Å²) in [7, 11) is 0. The Balaban J connectivity index is 2.21. The number of nitrogens with zero attached hydrogens (tertiary/aromatic N) is 1. The third kappa shape index (κ3) is 4.61. The van der Waals surface area contributed by atoms with E-state index in [1.165, 1.54) is 27.9 Å². The van der Waals surface area contributed by atoms with E-state index in [4.69, 9.17) is 5.73 Å². The van der Waals surface area contributed by atoms with Crippen LogP contribution in [0.2, 0.25) is 0 Å². The number of hydrogen-bond donors (Lipinski definition) is 1. The van der Waals surface area contributed by atoms with Crippen molar-refractivity contribution in [2.75, 3.05) is 18.0 Å². The zero-order valence-electron chi connectivity index (χ0n) is 13.4. The Labute approximate surface area is 128 Å². The van der Waals surface area contributed by atoms with Crippen molar-refractivity contribution in [3.63, 3.8) is 0 Å². The van der Waals surface area contributed by atoms with E-state index < -0.39 is 0 Å². The van der Waals surface area contributed by atoms with Crippen molar-refractivity contribution in [3.05, 3.63) is 64.7 Å². The quantitative estimate of drug-likeness (QED) is 0.868. The van der Waals surface area contributed by atoms with Gasteiger partial charge in [0.2, 0.25) is 0 Å². The first kappa shape index (κ1) is 15.6. The second-order valence-electron chi connectivity index (χ2n) is 5.90. The van der Waals surface area contributed by atoms with Gasteiger partial charge in [0.15, 0.2) is 0 Å². The highest BCUT2D eigenvalue weighted by molar-refractivity contribution is 5.48. The Bertz CT molecular complexity index is 552. The van der Waals surface area contributed by atoms with Crippen LogP contribution in [0.3, 0.4) is 0 Å². The molecule has 0 aromatic heterocycles. The van der Waals surface area contributed by atoms with Crippen LogP contribution in [-0.4, -0.2) is 13.1 Å². The van der Waals surface area contributed by atoms with Gasteiger partial charge in [-0.15, -0.1) is 0 Å². The first-order valence-corrected chi connectivity index (χ1v) is 7.67. The average Bonchev–Trinajstić information content (AvgIpc) is 2.43. The lowest BCUT2D eigenvalue weighted by atomic mass is 10.1. The van der Waals surface area contributed by atoms with E-state index in [2.05, 4.69) is 68.1 Å². The molecule has 2 nitrogen and oxygen atoms in total. The number of benzene rings is 2. The van der Waals surface area contributed by atoms with Crippen LogP contribution in [0, 0.1) is 20.8 Å². The van der Waals surface area contributed by atoms with E-state index in [9.17, 15) is 0 Å². The largest absolute Gasteiger partial charge is 0.367 e. The summed E-state index contributed by atoms with van der Waals surface area (Å²) in [6.07, 6.45) is 1.01. The van der Waals surface area contributed by atoms with E-state index in [-0.39, 0.29) is 0 Å². The van der Waals surface area contributed by atoms with E-state index in [0.29, 0.717) is 0 Å². The van der Waals surface area contributed by atoms with E-state index in [1.807, 2.05) is 0 Å². The smallest absolute Gasteiger partial charge is 0.0429 e. The zero-order valence-corrected chi connectivity index (χ0v) is 13.4. The number of anilines is 1. The van der Waals surface area contributed by atoms with Crippen LogP contribution in [0.1, 0.15) is 28.7 Å². The Morgan fingerprint density at radius 3 is 2.05 bits per heavy atom. The molecule has 0 spiro atoms. The Hall–Kier alpha value is -1.80. The molecule has 0 bridgehead atoms. The molecule has 0 aliphatic rings. The summed E-state index contributed by atoms with van der Waals surface area (Å²) in [4.78, 5) is 2.42. The summed E-state index contributed by atoms with van der Waals surface area (Å²) < 4.78 is 0. The molecule has 0 atom stereocenters. The molecule has 2 rings (SSSR count). The second kappa shape index (κ2) is 7.28. The minimum atomic E-state index is 0.731. The van der Waals surface area contributed by atoms with Gasteiger partial charge in [0.25, 0.3) is 0 Å². The van der Waals surface area contributed by atoms with Crippen LogP contribution >= 0.6 is 0 Å². The number of rotatable bonds is 6. The van der Waals surface area contributed by atoms with Gasteiger partial charge < -0.3 is 10.6 Å². The maximum atomic E-state index is 5.69. The fraction of sp³-hybridized carbons (Fsp3) is 0.368. The van der Waals surface area contributed by atoms with Crippen LogP contribution < -0.4 is 10.6 Å². The molecule has 112 valence electrons. The maximum Gasteiger partial charge on any atom is 0.0429 e. The number of aryl methyl sites for hydroxylation is 3. The molecular formula is C19H26N2. The molecule has 2 heteroatoms. The lowest BCUT2D eigenvalue weighted by Gasteiger charge is -2.25. The molecule has 2 aromatic rings. The second-order valence-corrected chi connectivity index (χ2v) is 5.90. The van der Waals surface area contributed by atoms with E-state index in [1.54, 1.807) is 0 Å². The van der Waals surface area contributed by atoms with Gasteiger partial charge in [-0.3, -0.25) is 0 Å². The molecule has 0 amide bonds. The zero-order chi connectivity index (χ0) is 15.2. The van der Waals surface area contributed by atoms with Gasteiger partial charge in [-0.2, -0.15) is 0 Å². The topological polar surface area (TPSA) is 29.3 Å². The van der Waals surface area contributed by atoms with Gasteiger partial charge in [0.05, 0.1) is 0 Å². The Morgan fingerprint density at radius 2 is 1.48 bits per heavy atom. The lowest BCUT2D eigenvalue weighted by Crippen LogP contribution is -2.25. The average molecular weight is 282 g/mol. The van der Waals surface area contributed by atoms with E-state index in [0.717, 1.165) is 26.1 Å². The van der Waals surface area contributed by atoms with Crippen LogP contribution in [0.5, 0.6) is 0 Å². The van der Waals surface area contributed by atoms with Crippen molar-refractivity contribution in [1.29, 1.82) is 0 Å². The van der Waals surface area contributed by atoms with Crippen LogP contribution in [-0.2, 0) is 6.54 Å². The van der Waals surface area contributed by atoms with Crippen molar-refractivity contribution in [2.45, 2.75) is 33.7 Å². The van der Waals surface area contributed by atoms with Crippen molar-refractivity contribution in [3.8, 4) is 0 Å². The first-order valence-electron chi connectivity index (χ1n) is 7.67. The molecule has 0 fully saturated rings. The van der Waals surface area contributed by atoms with Gasteiger partial charge >= 0.3 is 0 Å². The summed E-state index contributed by atoms with van der Waals surface area (Å²) in [5.74, 6) is 0. The van der Waals surface area contributed by atoms with Crippen LogP contribution in [0.25, 0.3) is 0 Å². The number of nitrogens with two attached hydrogens (primary N) is 1. The molecule has 0 saturated heterocycles. The fourth-order valence-corrected chi connectivity index (χ4v) is 2.72. The minimum absolute atomic E-state index is 0.731. The maximum absolute atomic E-state index is 5.69. The molecule has 0 aliphatic heterocycles. The highest BCUT2D eigenvalue weighted by atomic mass is 15.1. The molecule has 2 aromatic carbocycles. The normalized spacial score (nSPS) is 10.7. The lowest BCUT2D eigenvalue weighted by molar-refractivity contribution is 0.735. The van der Waals surface area contributed by atoms with Gasteiger partial charge in [-0.25, -0.2) is 0 Å². The van der Waals surface area contributed by atoms with Crippen molar-refractivity contribution in [2.24, 2.45) is 5.73 Å². The molecule has 0 aliphatic carbocycles. The van der Waals surface area contributed by atoms with Crippen LogP contribution in [0.15, 0.2) is 42.5 Å². The van der Waals surface area contributed by atoms with E-state index >= 15 is 0 Å². The van der Waals surface area contributed by atoms with Gasteiger partial charge in [0.1, 0.15) is 0 Å². The predicted octanol–water partition coefficient (Wildman–Crippen LogP) is 3.97. The first-order chi connectivity index (χ1) is 10.1. The summed E-state index contributed by atoms with van der Waals surface area (Å²) in [6.45, 7) is 9.10. The standard InChI is InChI=1S/C19H26N2/c1-15-5-7-19(8-6-15)21(10-4-9-20)14-18-12-16(2)11-17(3)13-18/h5-8,11-13H,4,9-10,14,20H2,1-3H3. The highest BCUT2D eigenvalue weighted by Crippen LogP contribution is 2.19. The van der Waals surface area contributed by atoms with Crippen LogP contribution in [0.4, 0.5) is 5.69 Å². The predicted molar refractivity (Wildman–Crippen MR) is 91.8 cm³/mol. The summed E-state index contributed by atoms with van der Waals surface area (Å²) in [6, 6.07) is 15.5. The monoisotopic (exact) mass is 282 g/mol. The molecule has 0 radical (unpaired) electrons. The van der Waals surface area contributed by atoms with Crippen molar-refractivity contribution >= 4 is 5.69 Å². The molecule has 0 unspecified atom stereocenters. The molecular weight excluding hydrogens is 256 g/mol. The van der Waals surface area contributed by atoms with Gasteiger partial charge in [0, 0.05) is 18.8 Å². The Morgan fingerprint density at radius 1 is 0.857 bits per heavy atom. The summed E-state index contributed by atoms with van der Waals surface area (Å²) in [5.41, 5.74) is 12.3. The Kier molecular flexibility index (Phi) is 5.40. The molecule has 0 heterocycles. The summed E-state index contributed by atoms with van der Waals surface area (Å²) in [5, 5.41) is 0. The molecule has 2 N–H and O–H groups in total. The van der Waals surface area contributed by atoms with Gasteiger partial charge in [-0.05, 0) is 51.4 Å². The number of hydrogen-bond acceptors (Lipinski definition) is 2. The third-order valence-electron chi connectivity index (χ3n) is 3.69. The van der Waals surface area contributed by atoms with Gasteiger partial charge in [-0.1, -0.05) is 47.0 Å². The molecule has 0 saturated carbocycles. The van der Waals surface area contributed by atoms with Crippen molar-refractivity contribution in [1.82, 2.24) is 0 Å².